The molecule has 324 valence electrons. The maximum Gasteiger partial charge on any atom is 0.170 e. The summed E-state index contributed by atoms with van der Waals surface area (Å²) in [6.45, 7) is 11.8. The normalized spacial score (nSPS) is 15.9. The van der Waals surface area contributed by atoms with Crippen LogP contribution < -0.4 is 18.9 Å². The van der Waals surface area contributed by atoms with Crippen LogP contribution >= 0.6 is 0 Å². The number of hydrogen-bond acceptors (Lipinski definition) is 10. The quantitative estimate of drug-likeness (QED) is 0.0466. The maximum absolute atomic E-state index is 14.8. The summed E-state index contributed by atoms with van der Waals surface area (Å²) in [7, 11) is 7.57. The van der Waals surface area contributed by atoms with Crippen molar-refractivity contribution in [3.63, 3.8) is 0 Å². The molecule has 0 unspecified atom stereocenters. The second kappa shape index (κ2) is 23.1. The van der Waals surface area contributed by atoms with E-state index in [0.717, 1.165) is 101 Å². The minimum Gasteiger partial charge on any atom is -0.493 e. The lowest BCUT2D eigenvalue weighted by Crippen LogP contribution is -2.44. The summed E-state index contributed by atoms with van der Waals surface area (Å²) in [5.74, 6) is 1.93. The highest BCUT2D eigenvalue weighted by Crippen LogP contribution is 2.35. The zero-order valence-corrected chi connectivity index (χ0v) is 36.6. The number of hydrogen-bond donors (Lipinski definition) is 0. The molecule has 0 atom stereocenters. The average Bonchev–Trinajstić information content (AvgIpc) is 3.29. The fourth-order valence-corrected chi connectivity index (χ4v) is 7.98. The van der Waals surface area contributed by atoms with Crippen LogP contribution in [0.5, 0.6) is 23.0 Å². The minimum absolute atomic E-state index is 0.226. The van der Waals surface area contributed by atoms with E-state index in [4.69, 9.17) is 18.9 Å². The third-order valence-corrected chi connectivity index (χ3v) is 11.8. The van der Waals surface area contributed by atoms with Gasteiger partial charge in [0, 0.05) is 65.4 Å². The molecule has 2 fully saturated rings. The maximum atomic E-state index is 14.8. The lowest BCUT2D eigenvalue weighted by atomic mass is 9.69. The number of likely N-dealkylation sites (N-methyl/N-ethyl adjacent to an activating group) is 2. The topological polar surface area (TPSA) is 84.0 Å². The molecule has 0 radical (unpaired) electrons. The zero-order chi connectivity index (χ0) is 42.9. The third-order valence-electron chi connectivity index (χ3n) is 11.8. The molecule has 10 heteroatoms. The van der Waals surface area contributed by atoms with Crippen molar-refractivity contribution < 1.29 is 28.5 Å². The molecule has 4 aromatic carbocycles. The van der Waals surface area contributed by atoms with Gasteiger partial charge in [-0.2, -0.15) is 0 Å². The highest BCUT2D eigenvalue weighted by atomic mass is 16.5. The molecule has 10 nitrogen and oxygen atoms in total. The molecule has 2 aliphatic rings. The summed E-state index contributed by atoms with van der Waals surface area (Å²) < 4.78 is 23.7. The zero-order valence-electron chi connectivity index (χ0n) is 36.6. The Morgan fingerprint density at radius 2 is 0.934 bits per heavy atom. The van der Waals surface area contributed by atoms with Crippen LogP contribution in [0.15, 0.2) is 109 Å². The van der Waals surface area contributed by atoms with E-state index in [1.807, 2.05) is 97.1 Å². The van der Waals surface area contributed by atoms with Gasteiger partial charge in [-0.3, -0.25) is 9.59 Å². The molecule has 0 bridgehead atoms. The van der Waals surface area contributed by atoms with Crippen molar-refractivity contribution in [2.24, 2.45) is 5.41 Å². The van der Waals surface area contributed by atoms with Crippen molar-refractivity contribution in [3.05, 3.63) is 131 Å². The summed E-state index contributed by atoms with van der Waals surface area (Å²) in [5, 5.41) is 0. The van der Waals surface area contributed by atoms with E-state index in [9.17, 15) is 9.59 Å². The lowest BCUT2D eigenvalue weighted by molar-refractivity contribution is -0.135. The number of rotatable bonds is 22. The highest BCUT2D eigenvalue weighted by molar-refractivity contribution is 6.17. The summed E-state index contributed by atoms with van der Waals surface area (Å²) in [4.78, 5) is 39.2. The average molecular weight is 829 g/mol. The van der Waals surface area contributed by atoms with Crippen molar-refractivity contribution in [2.45, 2.75) is 25.7 Å². The number of benzene rings is 4. The summed E-state index contributed by atoms with van der Waals surface area (Å²) in [6.07, 6.45) is 8.90. The van der Waals surface area contributed by atoms with Gasteiger partial charge in [0.05, 0.1) is 27.4 Å². The first-order chi connectivity index (χ1) is 29.7. The summed E-state index contributed by atoms with van der Waals surface area (Å²) in [5.41, 5.74) is 1.89. The van der Waals surface area contributed by atoms with E-state index in [0.29, 0.717) is 36.2 Å². The first kappa shape index (κ1) is 45.3. The Morgan fingerprint density at radius 3 is 1.31 bits per heavy atom. The van der Waals surface area contributed by atoms with Crippen LogP contribution in [-0.2, 0) is 22.4 Å². The minimum atomic E-state index is -1.43. The number of ketones is 2. The van der Waals surface area contributed by atoms with Crippen LogP contribution in [0.2, 0.25) is 0 Å². The molecule has 0 amide bonds. The van der Waals surface area contributed by atoms with Gasteiger partial charge in [0.25, 0.3) is 0 Å². The van der Waals surface area contributed by atoms with Crippen LogP contribution in [0.1, 0.15) is 35.1 Å². The molecule has 0 spiro atoms. The van der Waals surface area contributed by atoms with E-state index < -0.39 is 5.41 Å². The molecule has 4 aromatic rings. The highest BCUT2D eigenvalue weighted by Gasteiger charge is 2.43. The second-order valence-corrected chi connectivity index (χ2v) is 16.3. The van der Waals surface area contributed by atoms with Gasteiger partial charge >= 0.3 is 0 Å². The number of carbonyl (C=O) groups excluding carboxylic acids is 2. The van der Waals surface area contributed by atoms with Crippen LogP contribution in [0.3, 0.4) is 0 Å². The van der Waals surface area contributed by atoms with E-state index in [1.165, 1.54) is 0 Å². The first-order valence-electron chi connectivity index (χ1n) is 21.7. The number of ether oxygens (including phenoxy) is 4. The molecule has 2 saturated heterocycles. The molecule has 0 aliphatic carbocycles. The van der Waals surface area contributed by atoms with Crippen LogP contribution in [-0.4, -0.2) is 138 Å². The molecule has 0 saturated carbocycles. The molecule has 61 heavy (non-hydrogen) atoms. The van der Waals surface area contributed by atoms with Gasteiger partial charge in [-0.25, -0.2) is 0 Å². The van der Waals surface area contributed by atoms with Gasteiger partial charge in [-0.15, -0.1) is 0 Å². The van der Waals surface area contributed by atoms with Crippen LogP contribution in [0, 0.1) is 5.41 Å². The predicted octanol–water partition coefficient (Wildman–Crippen LogP) is 7.07. The second-order valence-electron chi connectivity index (χ2n) is 16.3. The van der Waals surface area contributed by atoms with Crippen LogP contribution in [0.25, 0.3) is 12.2 Å². The van der Waals surface area contributed by atoms with Gasteiger partial charge in [0.2, 0.25) is 0 Å². The Labute approximate surface area is 363 Å². The molecule has 0 aromatic heterocycles. The number of carbonyl (C=O) groups is 2. The first-order valence-corrected chi connectivity index (χ1v) is 21.7. The predicted molar refractivity (Wildman–Crippen MR) is 245 cm³/mol. The van der Waals surface area contributed by atoms with Gasteiger partial charge in [-0.05, 0) is 98.4 Å². The van der Waals surface area contributed by atoms with Crippen LogP contribution in [0.4, 0.5) is 0 Å². The lowest BCUT2D eigenvalue weighted by Gasteiger charge is -2.32. The molecule has 0 N–H and O–H groups in total. The molecular weight excluding hydrogens is 765 g/mol. The van der Waals surface area contributed by atoms with Crippen molar-refractivity contribution >= 4 is 23.7 Å². The van der Waals surface area contributed by atoms with Gasteiger partial charge in [-0.1, -0.05) is 84.9 Å². The SMILES string of the molecule is COc1cc(/C=C/C(=O)C(Cc2ccccc2)(Cc2ccccc2)C(=O)/C=C/c2ccc(OCCCN3CCN(C)CC3)c(OC)c2)ccc1OCCCN1CCN(C)CC1. The fraction of sp³-hybridized carbons (Fsp3) is 0.412. The number of methoxy groups -OCH3 is 2. The Hall–Kier alpha value is -5.26. The van der Waals surface area contributed by atoms with E-state index in [-0.39, 0.29) is 24.4 Å². The molecule has 2 aliphatic heterocycles. The van der Waals surface area contributed by atoms with E-state index in [2.05, 4.69) is 33.7 Å². The van der Waals surface area contributed by atoms with Crippen molar-refractivity contribution in [2.75, 3.05) is 107 Å². The molecule has 2 heterocycles. The molecular formula is C51H64N4O6. The van der Waals surface area contributed by atoms with Crippen molar-refractivity contribution in [1.29, 1.82) is 0 Å². The Kier molecular flexibility index (Phi) is 17.1. The smallest absolute Gasteiger partial charge is 0.170 e. The molecule has 6 rings (SSSR count). The number of nitrogens with zero attached hydrogens (tertiary/aromatic N) is 4. The van der Waals surface area contributed by atoms with Crippen molar-refractivity contribution in [3.8, 4) is 23.0 Å². The number of piperazine rings is 2. The third kappa shape index (κ3) is 13.4. The largest absolute Gasteiger partial charge is 0.493 e. The van der Waals surface area contributed by atoms with Gasteiger partial charge in [0.15, 0.2) is 34.6 Å². The fourth-order valence-electron chi connectivity index (χ4n) is 7.98. The van der Waals surface area contributed by atoms with Gasteiger partial charge < -0.3 is 38.5 Å². The van der Waals surface area contributed by atoms with E-state index >= 15 is 0 Å². The Bertz CT molecular complexity index is 1890. The Morgan fingerprint density at radius 1 is 0.541 bits per heavy atom. The monoisotopic (exact) mass is 828 g/mol. The number of allylic oxidation sites excluding steroid dienone is 2. The van der Waals surface area contributed by atoms with Crippen molar-refractivity contribution in [1.82, 2.24) is 19.6 Å². The van der Waals surface area contributed by atoms with Gasteiger partial charge in [0.1, 0.15) is 5.41 Å². The Balaban J connectivity index is 1.18. The van der Waals surface area contributed by atoms with E-state index in [1.54, 1.807) is 38.5 Å². The summed E-state index contributed by atoms with van der Waals surface area (Å²) in [6, 6.07) is 30.8. The summed E-state index contributed by atoms with van der Waals surface area (Å²) >= 11 is 0. The standard InChI is InChI=1S/C51H64N4O6/c1-52-27-31-54(32-28-52)25-11-35-60-45-21-17-41(37-47(45)58-3)19-23-49(56)51(39-43-13-7-5-8-14-43,40-44-15-9-6-10-16-44)50(57)24-20-42-18-22-46(48(38-42)59-4)61-36-12-26-55-33-29-53(2)30-34-55/h5-10,13-24,37-38H,11-12,25-36,39-40H2,1-4H3/b23-19+,24-20+.